The van der Waals surface area contributed by atoms with Crippen molar-refractivity contribution >= 4 is 56.6 Å². The van der Waals surface area contributed by atoms with Crippen molar-refractivity contribution in [2.75, 3.05) is 4.90 Å². The van der Waals surface area contributed by atoms with E-state index in [0.29, 0.717) is 17.6 Å². The molecule has 0 saturated heterocycles. The van der Waals surface area contributed by atoms with Crippen molar-refractivity contribution in [2.45, 2.75) is 12.8 Å². The highest BCUT2D eigenvalue weighted by molar-refractivity contribution is 6.11. The zero-order chi connectivity index (χ0) is 34.4. The molecule has 8 aromatic rings. The molecule has 246 valence electrons. The second kappa shape index (κ2) is 12.5. The van der Waals surface area contributed by atoms with Crippen LogP contribution in [0.5, 0.6) is 0 Å². The highest BCUT2D eigenvalue weighted by atomic mass is 15.2. The molecule has 0 saturated carbocycles. The fourth-order valence-corrected chi connectivity index (χ4v) is 7.60. The molecule has 0 atom stereocenters. The molecule has 5 nitrogen and oxygen atoms in total. The lowest BCUT2D eigenvalue weighted by molar-refractivity contribution is 0.927. The molecule has 0 bridgehead atoms. The van der Waals surface area contributed by atoms with E-state index in [-0.39, 0.29) is 0 Å². The number of aromatic nitrogens is 4. The van der Waals surface area contributed by atoms with Crippen LogP contribution in [0.25, 0.3) is 68.0 Å². The Morgan fingerprint density at radius 1 is 0.500 bits per heavy atom. The number of rotatable bonds is 5. The molecule has 6 aromatic carbocycles. The van der Waals surface area contributed by atoms with E-state index in [1.807, 2.05) is 18.2 Å². The van der Waals surface area contributed by atoms with Crippen molar-refractivity contribution in [3.8, 4) is 28.5 Å². The van der Waals surface area contributed by atoms with Crippen molar-refractivity contribution < 1.29 is 0 Å². The predicted octanol–water partition coefficient (Wildman–Crippen LogP) is 12.0. The summed E-state index contributed by atoms with van der Waals surface area (Å²) >= 11 is 0. The molecule has 1 aliphatic carbocycles. The van der Waals surface area contributed by atoms with Crippen LogP contribution in [0.4, 0.5) is 17.1 Å². The standard InChI is InChI=1S/C47H33N5/c1-4-16-34(17-5-1)45-48-46(35-18-6-2-7-19-35)50-47(49-45)52-42-26-13-11-23-39(42)40-31-36(29-30-43(40)52)38-24-14-20-33-28-27-32-15-10-12-25-41(32)51(44(33)38)37-21-8-3-9-22-37/h1,3-6,8-31H,2,7H2. The third-order valence-electron chi connectivity index (χ3n) is 10.0. The summed E-state index contributed by atoms with van der Waals surface area (Å²) in [7, 11) is 0. The van der Waals surface area contributed by atoms with E-state index in [9.17, 15) is 0 Å². The Hall–Kier alpha value is -6.85. The Morgan fingerprint density at radius 3 is 2.10 bits per heavy atom. The number of fused-ring (bicyclic) bond motifs is 5. The number of nitrogens with zero attached hydrogens (tertiary/aromatic N) is 5. The maximum atomic E-state index is 5.15. The molecule has 0 amide bonds. The van der Waals surface area contributed by atoms with E-state index >= 15 is 0 Å². The van der Waals surface area contributed by atoms with Crippen LogP contribution in [0, 0.1) is 0 Å². The fourth-order valence-electron chi connectivity index (χ4n) is 7.60. The largest absolute Gasteiger partial charge is 0.309 e. The number of hydrogen-bond donors (Lipinski definition) is 0. The first-order chi connectivity index (χ1) is 25.8. The van der Waals surface area contributed by atoms with Gasteiger partial charge in [0, 0.05) is 33.2 Å². The predicted molar refractivity (Wildman–Crippen MR) is 215 cm³/mol. The summed E-state index contributed by atoms with van der Waals surface area (Å²) in [4.78, 5) is 17.7. The summed E-state index contributed by atoms with van der Waals surface area (Å²) in [6.45, 7) is 0. The summed E-state index contributed by atoms with van der Waals surface area (Å²) in [6.07, 6.45) is 13.0. The average Bonchev–Trinajstić information content (AvgIpc) is 3.45. The third kappa shape index (κ3) is 5.05. The van der Waals surface area contributed by atoms with Gasteiger partial charge in [0.1, 0.15) is 0 Å². The van der Waals surface area contributed by atoms with Crippen LogP contribution in [-0.4, -0.2) is 19.5 Å². The Morgan fingerprint density at radius 2 is 1.23 bits per heavy atom. The topological polar surface area (TPSA) is 46.8 Å². The molecule has 10 rings (SSSR count). The summed E-state index contributed by atoms with van der Waals surface area (Å²) in [5.74, 6) is 1.95. The van der Waals surface area contributed by atoms with E-state index in [1.54, 1.807) is 0 Å². The number of anilines is 3. The van der Waals surface area contributed by atoms with Crippen molar-refractivity contribution in [2.24, 2.45) is 0 Å². The van der Waals surface area contributed by atoms with Crippen LogP contribution in [0.2, 0.25) is 0 Å². The van der Waals surface area contributed by atoms with Gasteiger partial charge < -0.3 is 4.90 Å². The van der Waals surface area contributed by atoms with E-state index in [4.69, 9.17) is 15.0 Å². The molecule has 0 fully saturated rings. The summed E-state index contributed by atoms with van der Waals surface area (Å²) in [5, 5.41) is 2.29. The quantitative estimate of drug-likeness (QED) is 0.183. The zero-order valence-electron chi connectivity index (χ0n) is 28.4. The van der Waals surface area contributed by atoms with Gasteiger partial charge in [-0.15, -0.1) is 0 Å². The number of allylic oxidation sites excluding steroid dienone is 4. The molecule has 0 radical (unpaired) electrons. The molecule has 0 unspecified atom stereocenters. The van der Waals surface area contributed by atoms with Crippen molar-refractivity contribution in [1.82, 2.24) is 19.5 Å². The highest BCUT2D eigenvalue weighted by Crippen LogP contribution is 2.47. The van der Waals surface area contributed by atoms with Gasteiger partial charge in [0.2, 0.25) is 5.95 Å². The first-order valence-electron chi connectivity index (χ1n) is 17.8. The molecule has 0 N–H and O–H groups in total. The molecule has 1 aliphatic heterocycles. The van der Waals surface area contributed by atoms with Crippen LogP contribution >= 0.6 is 0 Å². The SMILES string of the molecule is C1=CC(c2nc(-c3ccccc3)nc(-n3c4ccccc4c4cc(-c5cccc6c5N(c5ccccc5)c5ccccc5C=C6)ccc43)n2)=CCC1. The van der Waals surface area contributed by atoms with E-state index < -0.39 is 0 Å². The smallest absolute Gasteiger partial charge is 0.238 e. The minimum Gasteiger partial charge on any atom is -0.309 e. The van der Waals surface area contributed by atoms with Gasteiger partial charge in [-0.25, -0.2) is 4.98 Å². The first-order valence-corrected chi connectivity index (χ1v) is 17.8. The molecular formula is C47H33N5. The van der Waals surface area contributed by atoms with E-state index in [1.165, 1.54) is 5.56 Å². The fraction of sp³-hybridized carbons (Fsp3) is 0.0426. The maximum Gasteiger partial charge on any atom is 0.238 e. The minimum absolute atomic E-state index is 0.605. The molecule has 3 heterocycles. The van der Waals surface area contributed by atoms with Gasteiger partial charge in [-0.3, -0.25) is 4.57 Å². The molecule has 0 spiro atoms. The number of benzene rings is 6. The summed E-state index contributed by atoms with van der Waals surface area (Å²) in [6, 6.07) is 51.4. The van der Waals surface area contributed by atoms with E-state index in [0.717, 1.165) is 79.5 Å². The molecule has 52 heavy (non-hydrogen) atoms. The second-order valence-electron chi connectivity index (χ2n) is 13.2. The first kappa shape index (κ1) is 30.0. The Kier molecular flexibility index (Phi) is 7.21. The van der Waals surface area contributed by atoms with Crippen LogP contribution < -0.4 is 4.90 Å². The van der Waals surface area contributed by atoms with Crippen LogP contribution in [-0.2, 0) is 0 Å². The lowest BCUT2D eigenvalue weighted by Crippen LogP contribution is -2.12. The third-order valence-corrected chi connectivity index (χ3v) is 10.0. The van der Waals surface area contributed by atoms with Gasteiger partial charge in [0.15, 0.2) is 11.6 Å². The Labute approximate surface area is 302 Å². The maximum absolute atomic E-state index is 5.15. The van der Waals surface area contributed by atoms with Crippen LogP contribution in [0.3, 0.4) is 0 Å². The number of hydrogen-bond acceptors (Lipinski definition) is 4. The normalized spacial score (nSPS) is 13.5. The summed E-state index contributed by atoms with van der Waals surface area (Å²) in [5.41, 5.74) is 12.1. The van der Waals surface area contributed by atoms with E-state index in [2.05, 4.69) is 167 Å². The Bertz CT molecular complexity index is 2740. The van der Waals surface area contributed by atoms with Gasteiger partial charge in [-0.05, 0) is 65.9 Å². The van der Waals surface area contributed by atoms with Crippen LogP contribution in [0.1, 0.15) is 29.8 Å². The molecule has 2 aliphatic rings. The number of para-hydroxylation sites is 4. The second-order valence-corrected chi connectivity index (χ2v) is 13.2. The van der Waals surface area contributed by atoms with Crippen molar-refractivity contribution in [3.05, 3.63) is 181 Å². The van der Waals surface area contributed by atoms with Gasteiger partial charge in [0.25, 0.3) is 0 Å². The average molecular weight is 668 g/mol. The van der Waals surface area contributed by atoms with Crippen LogP contribution in [0.15, 0.2) is 164 Å². The van der Waals surface area contributed by atoms with Crippen molar-refractivity contribution in [1.29, 1.82) is 0 Å². The zero-order valence-corrected chi connectivity index (χ0v) is 28.4. The van der Waals surface area contributed by atoms with Crippen molar-refractivity contribution in [3.63, 3.8) is 0 Å². The lowest BCUT2D eigenvalue weighted by Gasteiger charge is -2.29. The van der Waals surface area contributed by atoms with Gasteiger partial charge >= 0.3 is 0 Å². The summed E-state index contributed by atoms with van der Waals surface area (Å²) < 4.78 is 2.19. The molecule has 2 aromatic heterocycles. The van der Waals surface area contributed by atoms with Gasteiger partial charge in [0.05, 0.1) is 22.4 Å². The monoisotopic (exact) mass is 667 g/mol. The molecular weight excluding hydrogens is 635 g/mol. The molecule has 5 heteroatoms. The van der Waals surface area contributed by atoms with Gasteiger partial charge in [-0.2, -0.15) is 9.97 Å². The lowest BCUT2D eigenvalue weighted by atomic mass is 9.97. The highest BCUT2D eigenvalue weighted by Gasteiger charge is 2.24. The minimum atomic E-state index is 0.605. The van der Waals surface area contributed by atoms with Gasteiger partial charge in [-0.1, -0.05) is 140 Å². The Balaban J connectivity index is 1.20.